The van der Waals surface area contributed by atoms with E-state index in [0.717, 1.165) is 25.7 Å². The summed E-state index contributed by atoms with van der Waals surface area (Å²) in [5.74, 6) is 1.12. The van der Waals surface area contributed by atoms with Gasteiger partial charge in [0.05, 0.1) is 39.3 Å². The van der Waals surface area contributed by atoms with Crippen molar-refractivity contribution in [3.05, 3.63) is 81.8 Å². The lowest BCUT2D eigenvalue weighted by Gasteiger charge is -2.11. The first-order valence-corrected chi connectivity index (χ1v) is 12.6. The fourth-order valence-corrected chi connectivity index (χ4v) is 5.11. The van der Waals surface area contributed by atoms with Crippen molar-refractivity contribution >= 4 is 68.6 Å². The number of rotatable bonds is 9. The third-order valence-electron chi connectivity index (χ3n) is 4.57. The summed E-state index contributed by atoms with van der Waals surface area (Å²) >= 11 is 15.0. The van der Waals surface area contributed by atoms with Crippen molar-refractivity contribution in [3.8, 4) is 11.5 Å². The number of hydrogen-bond acceptors (Lipinski definition) is 7. The fraction of sp³-hybridized carbons (Fsp3) is 0.125. The number of hydrazone groups is 1. The number of nitrogens with one attached hydrogen (secondary N) is 1. The molecule has 1 heterocycles. The van der Waals surface area contributed by atoms with Crippen molar-refractivity contribution < 1.29 is 14.3 Å². The number of para-hydroxylation sites is 1. The Morgan fingerprint density at radius 3 is 2.76 bits per heavy atom. The van der Waals surface area contributed by atoms with E-state index in [-0.39, 0.29) is 11.7 Å². The third-order valence-corrected chi connectivity index (χ3v) is 7.49. The van der Waals surface area contributed by atoms with Gasteiger partial charge in [-0.05, 0) is 53.6 Å². The molecular weight excluding hydrogens is 513 g/mol. The highest BCUT2D eigenvalue weighted by Crippen LogP contribution is 2.30. The molecule has 34 heavy (non-hydrogen) atoms. The Hall–Kier alpha value is -2.78. The van der Waals surface area contributed by atoms with Crippen LogP contribution in [0.25, 0.3) is 10.2 Å². The maximum atomic E-state index is 12.1. The minimum atomic E-state index is -0.214. The molecule has 0 atom stereocenters. The van der Waals surface area contributed by atoms with Crippen LogP contribution in [0.1, 0.15) is 11.1 Å². The Labute approximate surface area is 214 Å². The quantitative estimate of drug-likeness (QED) is 0.153. The van der Waals surface area contributed by atoms with Crippen LogP contribution < -0.4 is 14.9 Å². The second-order valence-electron chi connectivity index (χ2n) is 6.98. The highest BCUT2D eigenvalue weighted by Gasteiger charge is 2.09. The molecule has 0 aliphatic rings. The SMILES string of the molecule is COc1cc(/C=N\NC(=O)CSc2nc3ccccc3s2)ccc1OCc1ccc(Cl)c(Cl)c1. The summed E-state index contributed by atoms with van der Waals surface area (Å²) < 4.78 is 13.2. The fourth-order valence-electron chi connectivity index (χ4n) is 2.93. The van der Waals surface area contributed by atoms with Crippen molar-refractivity contribution in [2.75, 3.05) is 12.9 Å². The summed E-state index contributed by atoms with van der Waals surface area (Å²) in [5.41, 5.74) is 5.10. The molecular formula is C24H19Cl2N3O3S2. The van der Waals surface area contributed by atoms with E-state index in [1.54, 1.807) is 48.9 Å². The van der Waals surface area contributed by atoms with E-state index in [4.69, 9.17) is 32.7 Å². The number of carbonyl (C=O) groups is 1. The zero-order chi connectivity index (χ0) is 23.9. The summed E-state index contributed by atoms with van der Waals surface area (Å²) in [5, 5.41) is 5.00. The molecule has 0 radical (unpaired) electrons. The standard InChI is InChI=1S/C24H19Cl2N3O3S2/c1-31-21-11-15(7-9-20(21)32-13-16-6-8-17(25)18(26)10-16)12-27-29-23(30)14-33-24-28-19-4-2-3-5-22(19)34-24/h2-12H,13-14H2,1H3,(H,29,30)/b27-12-. The molecule has 4 aromatic rings. The van der Waals surface area contributed by atoms with Crippen molar-refractivity contribution in [1.82, 2.24) is 10.4 Å². The molecule has 6 nitrogen and oxygen atoms in total. The summed E-state index contributed by atoms with van der Waals surface area (Å²) in [6.07, 6.45) is 1.55. The van der Waals surface area contributed by atoms with Gasteiger partial charge in [0.15, 0.2) is 15.8 Å². The zero-order valence-electron chi connectivity index (χ0n) is 18.0. The molecule has 0 aliphatic heterocycles. The van der Waals surface area contributed by atoms with Crippen LogP contribution in [-0.4, -0.2) is 30.0 Å². The van der Waals surface area contributed by atoms with Crippen molar-refractivity contribution in [2.45, 2.75) is 10.9 Å². The topological polar surface area (TPSA) is 72.8 Å². The van der Waals surface area contributed by atoms with E-state index in [0.29, 0.717) is 28.2 Å². The first kappa shape index (κ1) is 24.3. The molecule has 1 amide bonds. The number of aromatic nitrogens is 1. The van der Waals surface area contributed by atoms with Gasteiger partial charge >= 0.3 is 0 Å². The Bertz CT molecular complexity index is 1310. The maximum Gasteiger partial charge on any atom is 0.250 e. The highest BCUT2D eigenvalue weighted by molar-refractivity contribution is 8.01. The van der Waals surface area contributed by atoms with E-state index < -0.39 is 0 Å². The molecule has 1 N–H and O–H groups in total. The molecule has 0 saturated carbocycles. The number of carbonyl (C=O) groups excluding carboxylic acids is 1. The monoisotopic (exact) mass is 531 g/mol. The summed E-state index contributed by atoms with van der Waals surface area (Å²) in [4.78, 5) is 16.6. The van der Waals surface area contributed by atoms with Gasteiger partial charge in [-0.1, -0.05) is 53.2 Å². The molecule has 0 unspecified atom stereocenters. The second kappa shape index (κ2) is 11.6. The van der Waals surface area contributed by atoms with Crippen molar-refractivity contribution in [3.63, 3.8) is 0 Å². The van der Waals surface area contributed by atoms with Crippen molar-refractivity contribution in [1.29, 1.82) is 0 Å². The van der Waals surface area contributed by atoms with Gasteiger partial charge in [-0.2, -0.15) is 5.10 Å². The van der Waals surface area contributed by atoms with Gasteiger partial charge in [0.2, 0.25) is 0 Å². The van der Waals surface area contributed by atoms with E-state index in [1.165, 1.54) is 11.8 Å². The highest BCUT2D eigenvalue weighted by atomic mass is 35.5. The van der Waals surface area contributed by atoms with E-state index in [9.17, 15) is 4.79 Å². The Morgan fingerprint density at radius 1 is 1.12 bits per heavy atom. The minimum absolute atomic E-state index is 0.214. The van der Waals surface area contributed by atoms with Gasteiger partial charge in [0.25, 0.3) is 5.91 Å². The molecule has 174 valence electrons. The number of nitrogens with zero attached hydrogens (tertiary/aromatic N) is 2. The van der Waals surface area contributed by atoms with Crippen LogP contribution in [0, 0.1) is 0 Å². The molecule has 1 aromatic heterocycles. The van der Waals surface area contributed by atoms with Crippen molar-refractivity contribution in [2.24, 2.45) is 5.10 Å². The van der Waals surface area contributed by atoms with Crippen LogP contribution in [0.5, 0.6) is 11.5 Å². The van der Waals surface area contributed by atoms with Gasteiger partial charge in [0.1, 0.15) is 6.61 Å². The largest absolute Gasteiger partial charge is 0.493 e. The van der Waals surface area contributed by atoms with E-state index in [1.807, 2.05) is 36.4 Å². The molecule has 0 fully saturated rings. The molecule has 0 aliphatic carbocycles. The zero-order valence-corrected chi connectivity index (χ0v) is 21.1. The second-order valence-corrected chi connectivity index (χ2v) is 10.0. The Morgan fingerprint density at radius 2 is 1.97 bits per heavy atom. The summed E-state index contributed by atoms with van der Waals surface area (Å²) in [7, 11) is 1.56. The smallest absolute Gasteiger partial charge is 0.250 e. The molecule has 10 heteroatoms. The van der Waals surface area contributed by atoms with Gasteiger partial charge in [-0.3, -0.25) is 4.79 Å². The number of hydrogen-bond donors (Lipinski definition) is 1. The lowest BCUT2D eigenvalue weighted by Crippen LogP contribution is -2.19. The molecule has 3 aromatic carbocycles. The van der Waals surface area contributed by atoms with Gasteiger partial charge in [0, 0.05) is 0 Å². The van der Waals surface area contributed by atoms with Gasteiger partial charge < -0.3 is 9.47 Å². The predicted molar refractivity (Wildman–Crippen MR) is 140 cm³/mol. The lowest BCUT2D eigenvalue weighted by atomic mass is 10.2. The third kappa shape index (κ3) is 6.42. The van der Waals surface area contributed by atoms with Crippen LogP contribution in [0.2, 0.25) is 10.0 Å². The summed E-state index contributed by atoms with van der Waals surface area (Å²) in [6.45, 7) is 0.309. The number of benzene rings is 3. The Balaban J connectivity index is 1.29. The van der Waals surface area contributed by atoms with Gasteiger partial charge in [-0.25, -0.2) is 10.4 Å². The number of ether oxygens (including phenoxy) is 2. The van der Waals surface area contributed by atoms with Crippen LogP contribution in [-0.2, 0) is 11.4 Å². The molecule has 0 saturated heterocycles. The van der Waals surface area contributed by atoms with Crippen LogP contribution in [0.4, 0.5) is 0 Å². The van der Waals surface area contributed by atoms with Crippen LogP contribution in [0.3, 0.4) is 0 Å². The lowest BCUT2D eigenvalue weighted by molar-refractivity contribution is -0.118. The van der Waals surface area contributed by atoms with Crippen LogP contribution >= 0.6 is 46.3 Å². The Kier molecular flexibility index (Phi) is 8.29. The first-order chi connectivity index (χ1) is 16.5. The minimum Gasteiger partial charge on any atom is -0.493 e. The molecule has 4 rings (SSSR count). The number of thioether (sulfide) groups is 1. The first-order valence-electron chi connectivity index (χ1n) is 10.1. The molecule has 0 spiro atoms. The average molecular weight is 532 g/mol. The predicted octanol–water partition coefficient (Wildman–Crippen LogP) is 6.43. The van der Waals surface area contributed by atoms with Crippen LogP contribution in [0.15, 0.2) is 70.1 Å². The van der Waals surface area contributed by atoms with E-state index >= 15 is 0 Å². The number of halogens is 2. The maximum absolute atomic E-state index is 12.1. The normalized spacial score (nSPS) is 11.1. The van der Waals surface area contributed by atoms with E-state index in [2.05, 4.69) is 15.5 Å². The molecule has 0 bridgehead atoms. The number of amides is 1. The number of methoxy groups -OCH3 is 1. The number of fused-ring (bicyclic) bond motifs is 1. The van der Waals surface area contributed by atoms with Gasteiger partial charge in [-0.15, -0.1) is 11.3 Å². The summed E-state index contributed by atoms with van der Waals surface area (Å²) in [6, 6.07) is 18.6. The average Bonchev–Trinajstić information content (AvgIpc) is 3.27. The number of thiazole rings is 1.